The molecule has 6 nitrogen and oxygen atoms in total. The van der Waals surface area contributed by atoms with Gasteiger partial charge in [-0.15, -0.1) is 0 Å². The Bertz CT molecular complexity index is 918. The van der Waals surface area contributed by atoms with Gasteiger partial charge in [-0.1, -0.05) is 17.4 Å². The van der Waals surface area contributed by atoms with Crippen LogP contribution in [0.15, 0.2) is 18.2 Å². The predicted octanol–water partition coefficient (Wildman–Crippen LogP) is 4.20. The normalized spacial score (nSPS) is 29.8. The predicted molar refractivity (Wildman–Crippen MR) is 115 cm³/mol. The molecule has 0 aliphatic heterocycles. The van der Waals surface area contributed by atoms with E-state index >= 15 is 0 Å². The van der Waals surface area contributed by atoms with Crippen LogP contribution in [0.3, 0.4) is 0 Å². The lowest BCUT2D eigenvalue weighted by Gasteiger charge is -2.56. The number of carbonyl (C=O) groups excluding carboxylic acids is 2. The standard InChI is InChI=1S/C22H28N4O2S/c1-13-2-3-17-18(6-13)29-21(24-17)25-19(27)4-5-23-20(28)26-22-10-14-7-15(11-22)9-16(8-14)12-22/h2-3,6,14-16H,4-5,7-12H2,1H3,(H2,23,26,28)(H,24,25,27). The fraction of sp³-hybridized carbons (Fsp3) is 0.591. The van der Waals surface area contributed by atoms with Crippen molar-refractivity contribution in [3.63, 3.8) is 0 Å². The molecule has 4 aliphatic carbocycles. The maximum atomic E-state index is 12.5. The summed E-state index contributed by atoms with van der Waals surface area (Å²) >= 11 is 1.47. The number of thiazole rings is 1. The summed E-state index contributed by atoms with van der Waals surface area (Å²) in [5, 5.41) is 9.61. The number of fused-ring (bicyclic) bond motifs is 1. The lowest BCUT2D eigenvalue weighted by Crippen LogP contribution is -2.61. The second-order valence-electron chi connectivity index (χ2n) is 9.37. The monoisotopic (exact) mass is 412 g/mol. The minimum Gasteiger partial charge on any atom is -0.338 e. The molecule has 7 heteroatoms. The average molecular weight is 413 g/mol. The summed E-state index contributed by atoms with van der Waals surface area (Å²) in [5.41, 5.74) is 2.07. The SMILES string of the molecule is Cc1ccc2nc(NC(=O)CCNC(=O)NC34CC5CC(CC(C5)C3)C4)sc2c1. The molecular weight excluding hydrogens is 384 g/mol. The lowest BCUT2D eigenvalue weighted by atomic mass is 9.53. The van der Waals surface area contributed by atoms with E-state index < -0.39 is 0 Å². The van der Waals surface area contributed by atoms with Crippen molar-refractivity contribution in [3.8, 4) is 0 Å². The second-order valence-corrected chi connectivity index (χ2v) is 10.4. The summed E-state index contributed by atoms with van der Waals surface area (Å²) in [5.74, 6) is 2.26. The van der Waals surface area contributed by atoms with Crippen LogP contribution in [0.5, 0.6) is 0 Å². The number of amides is 3. The first-order valence-electron chi connectivity index (χ1n) is 10.7. The fourth-order valence-electron chi connectivity index (χ4n) is 6.11. The van der Waals surface area contributed by atoms with Crippen LogP contribution in [-0.4, -0.2) is 29.0 Å². The highest BCUT2D eigenvalue weighted by atomic mass is 32.1. The maximum absolute atomic E-state index is 12.5. The zero-order valence-electron chi connectivity index (χ0n) is 16.8. The molecule has 29 heavy (non-hydrogen) atoms. The van der Waals surface area contributed by atoms with Crippen molar-refractivity contribution in [1.82, 2.24) is 15.6 Å². The van der Waals surface area contributed by atoms with Crippen LogP contribution < -0.4 is 16.0 Å². The van der Waals surface area contributed by atoms with E-state index in [-0.39, 0.29) is 23.9 Å². The van der Waals surface area contributed by atoms with Crippen molar-refractivity contribution < 1.29 is 9.59 Å². The summed E-state index contributed by atoms with van der Waals surface area (Å²) in [6.07, 6.45) is 7.69. The van der Waals surface area contributed by atoms with Gasteiger partial charge in [0, 0.05) is 18.5 Å². The van der Waals surface area contributed by atoms with Crippen molar-refractivity contribution in [2.24, 2.45) is 17.8 Å². The van der Waals surface area contributed by atoms with Crippen LogP contribution in [0.1, 0.15) is 50.5 Å². The van der Waals surface area contributed by atoms with E-state index in [0.717, 1.165) is 47.2 Å². The quantitative estimate of drug-likeness (QED) is 0.688. The third-order valence-corrected chi connectivity index (χ3v) is 7.78. The topological polar surface area (TPSA) is 83.1 Å². The molecule has 4 aliphatic rings. The number of benzene rings is 1. The van der Waals surface area contributed by atoms with Crippen LogP contribution >= 0.6 is 11.3 Å². The summed E-state index contributed by atoms with van der Waals surface area (Å²) in [6, 6.07) is 5.92. The van der Waals surface area contributed by atoms with Gasteiger partial charge in [-0.3, -0.25) is 4.79 Å². The number of carbonyl (C=O) groups is 2. The lowest BCUT2D eigenvalue weighted by molar-refractivity contribution is -0.116. The Morgan fingerprint density at radius 3 is 2.52 bits per heavy atom. The molecule has 4 bridgehead atoms. The van der Waals surface area contributed by atoms with Gasteiger partial charge in [0.2, 0.25) is 5.91 Å². The first-order chi connectivity index (χ1) is 14.0. The zero-order valence-corrected chi connectivity index (χ0v) is 17.6. The van der Waals surface area contributed by atoms with Gasteiger partial charge in [-0.25, -0.2) is 9.78 Å². The van der Waals surface area contributed by atoms with Gasteiger partial charge in [0.15, 0.2) is 5.13 Å². The number of anilines is 1. The Balaban J connectivity index is 1.09. The molecule has 0 radical (unpaired) electrons. The van der Waals surface area contributed by atoms with E-state index in [4.69, 9.17) is 0 Å². The van der Waals surface area contributed by atoms with E-state index in [9.17, 15) is 9.59 Å². The van der Waals surface area contributed by atoms with E-state index in [1.165, 1.54) is 36.2 Å². The highest BCUT2D eigenvalue weighted by Crippen LogP contribution is 2.55. The van der Waals surface area contributed by atoms with Crippen LogP contribution in [0, 0.1) is 24.7 Å². The zero-order chi connectivity index (χ0) is 20.0. The molecule has 0 unspecified atom stereocenters. The average Bonchev–Trinajstić information content (AvgIpc) is 3.01. The van der Waals surface area contributed by atoms with E-state index in [1.807, 2.05) is 19.1 Å². The number of nitrogens with one attached hydrogen (secondary N) is 3. The molecule has 4 saturated carbocycles. The van der Waals surface area contributed by atoms with Gasteiger partial charge < -0.3 is 16.0 Å². The molecular formula is C22H28N4O2S. The molecule has 1 heterocycles. The van der Waals surface area contributed by atoms with Crippen LogP contribution in [-0.2, 0) is 4.79 Å². The Labute approximate surface area is 174 Å². The molecule has 3 N–H and O–H groups in total. The Morgan fingerprint density at radius 1 is 1.14 bits per heavy atom. The third-order valence-electron chi connectivity index (χ3n) is 6.84. The highest BCUT2D eigenvalue weighted by molar-refractivity contribution is 7.22. The Morgan fingerprint density at radius 2 is 1.83 bits per heavy atom. The summed E-state index contributed by atoms with van der Waals surface area (Å²) in [6.45, 7) is 2.37. The maximum Gasteiger partial charge on any atom is 0.315 e. The van der Waals surface area contributed by atoms with E-state index in [0.29, 0.717) is 11.7 Å². The molecule has 3 amide bonds. The molecule has 6 rings (SSSR count). The molecule has 0 saturated heterocycles. The highest BCUT2D eigenvalue weighted by Gasteiger charge is 2.51. The molecule has 1 aromatic carbocycles. The van der Waals surface area contributed by atoms with Crippen LogP contribution in [0.4, 0.5) is 9.93 Å². The summed E-state index contributed by atoms with van der Waals surface area (Å²) in [7, 11) is 0. The van der Waals surface area contributed by atoms with Crippen molar-refractivity contribution >= 4 is 38.6 Å². The Hall–Kier alpha value is -2.15. The van der Waals surface area contributed by atoms with Gasteiger partial charge >= 0.3 is 6.03 Å². The largest absolute Gasteiger partial charge is 0.338 e. The first kappa shape index (κ1) is 18.9. The van der Waals surface area contributed by atoms with Crippen LogP contribution in [0.2, 0.25) is 0 Å². The smallest absolute Gasteiger partial charge is 0.315 e. The Kier molecular flexibility index (Phi) is 4.73. The van der Waals surface area contributed by atoms with E-state index in [2.05, 4.69) is 27.0 Å². The van der Waals surface area contributed by atoms with Crippen molar-refractivity contribution in [3.05, 3.63) is 23.8 Å². The second kappa shape index (κ2) is 7.27. The molecule has 2 aromatic rings. The fourth-order valence-corrected chi connectivity index (χ4v) is 7.09. The first-order valence-corrected chi connectivity index (χ1v) is 11.5. The summed E-state index contributed by atoms with van der Waals surface area (Å²) in [4.78, 5) is 29.1. The minimum atomic E-state index is -0.129. The van der Waals surface area contributed by atoms with Crippen molar-refractivity contribution in [2.75, 3.05) is 11.9 Å². The number of urea groups is 1. The molecule has 0 atom stereocenters. The number of aryl methyl sites for hydroxylation is 1. The van der Waals surface area contributed by atoms with Gasteiger partial charge in [-0.2, -0.15) is 0 Å². The molecule has 154 valence electrons. The minimum absolute atomic E-state index is 0.000217. The van der Waals surface area contributed by atoms with E-state index in [1.54, 1.807) is 0 Å². The molecule has 0 spiro atoms. The van der Waals surface area contributed by atoms with Gasteiger partial charge in [0.05, 0.1) is 10.2 Å². The number of nitrogens with zero attached hydrogens (tertiary/aromatic N) is 1. The number of hydrogen-bond donors (Lipinski definition) is 3. The summed E-state index contributed by atoms with van der Waals surface area (Å²) < 4.78 is 1.06. The van der Waals surface area contributed by atoms with Gasteiger partial charge in [-0.05, 0) is 80.9 Å². The third kappa shape index (κ3) is 3.97. The van der Waals surface area contributed by atoms with Gasteiger partial charge in [0.1, 0.15) is 0 Å². The van der Waals surface area contributed by atoms with Crippen molar-refractivity contribution in [1.29, 1.82) is 0 Å². The number of rotatable bonds is 5. The molecule has 4 fully saturated rings. The van der Waals surface area contributed by atoms with Crippen molar-refractivity contribution in [2.45, 2.75) is 57.4 Å². The molecule has 1 aromatic heterocycles. The van der Waals surface area contributed by atoms with Crippen LogP contribution in [0.25, 0.3) is 10.2 Å². The number of aromatic nitrogens is 1. The van der Waals surface area contributed by atoms with Gasteiger partial charge in [0.25, 0.3) is 0 Å². The number of hydrogen-bond acceptors (Lipinski definition) is 4.